The second-order valence-electron chi connectivity index (χ2n) is 18.8. The molecule has 0 radical (unpaired) electrons. The first-order valence-electron chi connectivity index (χ1n) is 28.7. The Morgan fingerprint density at radius 2 is 0.775 bits per heavy atom. The van der Waals surface area contributed by atoms with Crippen LogP contribution in [0.3, 0.4) is 0 Å². The molecule has 10 heteroatoms. The molecule has 71 heavy (non-hydrogen) atoms. The van der Waals surface area contributed by atoms with Crippen molar-refractivity contribution in [3.63, 3.8) is 0 Å². The van der Waals surface area contributed by atoms with Crippen molar-refractivity contribution in [3.8, 4) is 0 Å². The predicted molar refractivity (Wildman–Crippen MR) is 302 cm³/mol. The summed E-state index contributed by atoms with van der Waals surface area (Å²) in [6.45, 7) is 3.60. The van der Waals surface area contributed by atoms with Gasteiger partial charge < -0.3 is 20.1 Å². The van der Waals surface area contributed by atoms with Gasteiger partial charge in [-0.2, -0.15) is 0 Å². The Morgan fingerprint density at radius 3 is 1.15 bits per heavy atom. The minimum absolute atomic E-state index is 0.0444. The Morgan fingerprint density at radius 1 is 0.437 bits per heavy atom. The van der Waals surface area contributed by atoms with Gasteiger partial charge in [-0.05, 0) is 96.3 Å². The Labute approximate surface area is 436 Å². The van der Waals surface area contributed by atoms with E-state index in [0.717, 1.165) is 89.9 Å². The first-order valence-corrected chi connectivity index (χ1v) is 30.2. The van der Waals surface area contributed by atoms with E-state index in [1.807, 2.05) is 0 Å². The minimum Gasteiger partial charge on any atom is -0.462 e. The number of phosphoric ester groups is 1. The van der Waals surface area contributed by atoms with E-state index in [-0.39, 0.29) is 38.6 Å². The zero-order valence-corrected chi connectivity index (χ0v) is 46.3. The van der Waals surface area contributed by atoms with E-state index in [0.29, 0.717) is 6.42 Å². The summed E-state index contributed by atoms with van der Waals surface area (Å²) in [4.78, 5) is 35.2. The van der Waals surface area contributed by atoms with Crippen LogP contribution in [0.25, 0.3) is 0 Å². The molecule has 0 aromatic heterocycles. The van der Waals surface area contributed by atoms with Crippen LogP contribution >= 0.6 is 7.82 Å². The molecule has 0 amide bonds. The number of carbonyl (C=O) groups excluding carboxylic acids is 2. The molecule has 9 nitrogen and oxygen atoms in total. The molecule has 0 fully saturated rings. The van der Waals surface area contributed by atoms with Crippen molar-refractivity contribution in [2.75, 3.05) is 26.4 Å². The van der Waals surface area contributed by atoms with Crippen LogP contribution in [0.15, 0.2) is 97.2 Å². The van der Waals surface area contributed by atoms with Crippen LogP contribution in [0.1, 0.15) is 245 Å². The highest BCUT2D eigenvalue weighted by molar-refractivity contribution is 7.47. The monoisotopic (exact) mass is 1010 g/mol. The van der Waals surface area contributed by atoms with Gasteiger partial charge in [0, 0.05) is 19.4 Å². The quantitative estimate of drug-likeness (QED) is 0.0264. The summed E-state index contributed by atoms with van der Waals surface area (Å²) >= 11 is 0. The molecule has 0 spiro atoms. The van der Waals surface area contributed by atoms with Crippen molar-refractivity contribution >= 4 is 19.8 Å². The van der Waals surface area contributed by atoms with Crippen molar-refractivity contribution < 1.29 is 37.6 Å². The lowest BCUT2D eigenvalue weighted by molar-refractivity contribution is -0.161. The molecule has 0 aliphatic carbocycles. The molecule has 0 aliphatic rings. The molecule has 0 bridgehead atoms. The fourth-order valence-electron chi connectivity index (χ4n) is 7.73. The molecular formula is C61H106NO8P. The first-order chi connectivity index (χ1) is 34.8. The van der Waals surface area contributed by atoms with Gasteiger partial charge in [-0.3, -0.25) is 18.6 Å². The summed E-state index contributed by atoms with van der Waals surface area (Å²) in [5, 5.41) is 0. The van der Waals surface area contributed by atoms with Crippen LogP contribution in [0.2, 0.25) is 0 Å². The Kier molecular flexibility index (Phi) is 53.8. The zero-order valence-electron chi connectivity index (χ0n) is 45.4. The number of carbonyl (C=O) groups is 2. The van der Waals surface area contributed by atoms with Crippen LogP contribution in [0.5, 0.6) is 0 Å². The van der Waals surface area contributed by atoms with Gasteiger partial charge in [0.25, 0.3) is 0 Å². The van der Waals surface area contributed by atoms with Crippen molar-refractivity contribution in [2.45, 2.75) is 251 Å². The number of hydrogen-bond acceptors (Lipinski definition) is 8. The second kappa shape index (κ2) is 56.2. The summed E-state index contributed by atoms with van der Waals surface area (Å²) in [6, 6.07) is 0. The van der Waals surface area contributed by atoms with Gasteiger partial charge in [0.2, 0.25) is 0 Å². The van der Waals surface area contributed by atoms with Gasteiger partial charge in [0.1, 0.15) is 6.61 Å². The van der Waals surface area contributed by atoms with Crippen LogP contribution in [0, 0.1) is 0 Å². The molecule has 0 saturated heterocycles. The molecular weight excluding hydrogens is 906 g/mol. The standard InChI is InChI=1S/C61H106NO8P/c1-3-5-7-9-11-13-15-17-19-21-23-25-27-28-29-30-32-33-35-37-39-41-43-45-47-49-51-53-60(63)67-57-59(58-69-71(65,66)68-56-55-62)70-61(64)54-52-50-48-46-44-42-40-38-36-34-31-26-24-22-20-18-16-14-12-10-8-6-4-2/h6,8,12,14-15,17-18,20-21,23-24,26,34,36,40,42,59H,3-5,7,9-11,13,16,19,22,25,27-33,35,37-39,41,43-58,62H2,1-2H3,(H,65,66)/b8-6-,14-12-,17-15-,20-18-,23-21-,26-24-,36-34-,42-40-. The number of nitrogens with two attached hydrogens (primary N) is 1. The van der Waals surface area contributed by atoms with Crippen molar-refractivity contribution in [1.29, 1.82) is 0 Å². The fourth-order valence-corrected chi connectivity index (χ4v) is 8.49. The van der Waals surface area contributed by atoms with E-state index in [1.54, 1.807) is 0 Å². The molecule has 0 rings (SSSR count). The molecule has 2 atom stereocenters. The molecule has 0 heterocycles. The molecule has 0 aliphatic heterocycles. The minimum atomic E-state index is -4.40. The van der Waals surface area contributed by atoms with Crippen LogP contribution in [-0.2, 0) is 32.7 Å². The second-order valence-corrected chi connectivity index (χ2v) is 20.2. The summed E-state index contributed by atoms with van der Waals surface area (Å²) in [5.74, 6) is -0.858. The number of rotatable bonds is 53. The SMILES string of the molecule is CC/C=C\C/C=C\C/C=C\C/C=C\C/C=C\C/C=C\CCCCCCC(=O)OC(COC(=O)CCCCCCCCCCCCCCCCC/C=C\C/C=C\CCCCCCC)COP(=O)(O)OCCN. The maximum atomic E-state index is 12.7. The average Bonchev–Trinajstić information content (AvgIpc) is 3.36. The van der Waals surface area contributed by atoms with E-state index < -0.39 is 26.5 Å². The maximum absolute atomic E-state index is 12.7. The lowest BCUT2D eigenvalue weighted by Gasteiger charge is -2.19. The summed E-state index contributed by atoms with van der Waals surface area (Å²) < 4.78 is 33.0. The normalized spacial score (nSPS) is 13.8. The highest BCUT2D eigenvalue weighted by Crippen LogP contribution is 2.43. The number of phosphoric acid groups is 1. The number of unbranched alkanes of at least 4 members (excludes halogenated alkanes) is 24. The summed E-state index contributed by atoms with van der Waals surface area (Å²) in [6.07, 6.45) is 74.6. The third kappa shape index (κ3) is 56.1. The van der Waals surface area contributed by atoms with E-state index in [1.165, 1.54) is 122 Å². The van der Waals surface area contributed by atoms with Gasteiger partial charge in [-0.15, -0.1) is 0 Å². The Balaban J connectivity index is 4.03. The number of esters is 2. The highest BCUT2D eigenvalue weighted by atomic mass is 31.2. The smallest absolute Gasteiger partial charge is 0.462 e. The third-order valence-corrected chi connectivity index (χ3v) is 12.9. The van der Waals surface area contributed by atoms with Crippen molar-refractivity contribution in [3.05, 3.63) is 97.2 Å². The molecule has 0 aromatic rings. The molecule has 0 aromatic carbocycles. The van der Waals surface area contributed by atoms with Crippen LogP contribution < -0.4 is 5.73 Å². The van der Waals surface area contributed by atoms with Gasteiger partial charge >= 0.3 is 19.8 Å². The van der Waals surface area contributed by atoms with Crippen molar-refractivity contribution in [1.82, 2.24) is 0 Å². The molecule has 2 unspecified atom stereocenters. The van der Waals surface area contributed by atoms with E-state index in [9.17, 15) is 19.0 Å². The topological polar surface area (TPSA) is 134 Å². The van der Waals surface area contributed by atoms with Crippen LogP contribution in [-0.4, -0.2) is 49.3 Å². The van der Waals surface area contributed by atoms with E-state index >= 15 is 0 Å². The first kappa shape index (κ1) is 67.9. The largest absolute Gasteiger partial charge is 0.472 e. The lowest BCUT2D eigenvalue weighted by Crippen LogP contribution is -2.29. The molecule has 0 saturated carbocycles. The molecule has 408 valence electrons. The van der Waals surface area contributed by atoms with Gasteiger partial charge in [0.15, 0.2) is 6.10 Å². The van der Waals surface area contributed by atoms with Crippen LogP contribution in [0.4, 0.5) is 0 Å². The highest BCUT2D eigenvalue weighted by Gasteiger charge is 2.26. The molecule has 3 N–H and O–H groups in total. The number of hydrogen-bond donors (Lipinski definition) is 2. The fraction of sp³-hybridized carbons (Fsp3) is 0.705. The lowest BCUT2D eigenvalue weighted by atomic mass is 10.0. The predicted octanol–water partition coefficient (Wildman–Crippen LogP) is 18.1. The van der Waals surface area contributed by atoms with Gasteiger partial charge in [-0.1, -0.05) is 233 Å². The average molecular weight is 1010 g/mol. The number of ether oxygens (including phenoxy) is 2. The van der Waals surface area contributed by atoms with Crippen molar-refractivity contribution in [2.24, 2.45) is 5.73 Å². The Hall–Kier alpha value is -3.07. The van der Waals surface area contributed by atoms with Gasteiger partial charge in [0.05, 0.1) is 13.2 Å². The third-order valence-electron chi connectivity index (χ3n) is 12.0. The van der Waals surface area contributed by atoms with Gasteiger partial charge in [-0.25, -0.2) is 4.57 Å². The number of allylic oxidation sites excluding steroid dienone is 16. The van der Waals surface area contributed by atoms with E-state index in [4.69, 9.17) is 24.3 Å². The van der Waals surface area contributed by atoms with E-state index in [2.05, 4.69) is 111 Å². The Bertz CT molecular complexity index is 1480. The maximum Gasteiger partial charge on any atom is 0.472 e. The summed E-state index contributed by atoms with van der Waals surface area (Å²) in [7, 11) is -4.40. The summed E-state index contributed by atoms with van der Waals surface area (Å²) in [5.41, 5.74) is 5.38. The zero-order chi connectivity index (χ0) is 51.7.